The number of benzene rings is 2. The molecular formula is C23H22N2O3. The predicted octanol–water partition coefficient (Wildman–Crippen LogP) is 3.90. The molecule has 0 spiro atoms. The van der Waals surface area contributed by atoms with Gasteiger partial charge in [0.25, 0.3) is 0 Å². The van der Waals surface area contributed by atoms with Gasteiger partial charge in [-0.05, 0) is 65.1 Å². The van der Waals surface area contributed by atoms with Gasteiger partial charge < -0.3 is 14.4 Å². The van der Waals surface area contributed by atoms with E-state index >= 15 is 0 Å². The molecule has 0 radical (unpaired) electrons. The standard InChI is InChI=1S/C23H22N2O3/c1-27-21-6-3-16(13-22(21)28-2)14-23(26)25-12-9-19-15-18(4-5-20(19)25)17-7-10-24-11-8-17/h3-8,10-11,13,15H,9,12,14H2,1-2H3. The largest absolute Gasteiger partial charge is 0.493 e. The Labute approximate surface area is 164 Å². The minimum Gasteiger partial charge on any atom is -0.493 e. The third-order valence-electron chi connectivity index (χ3n) is 5.09. The lowest BCUT2D eigenvalue weighted by Crippen LogP contribution is -2.30. The van der Waals surface area contributed by atoms with E-state index in [0.717, 1.165) is 28.8 Å². The van der Waals surface area contributed by atoms with E-state index in [1.165, 1.54) is 5.56 Å². The van der Waals surface area contributed by atoms with E-state index in [1.54, 1.807) is 26.6 Å². The van der Waals surface area contributed by atoms with Crippen LogP contribution in [0.15, 0.2) is 60.9 Å². The second-order valence-electron chi connectivity index (χ2n) is 6.74. The zero-order valence-electron chi connectivity index (χ0n) is 16.0. The molecule has 1 aromatic heterocycles. The summed E-state index contributed by atoms with van der Waals surface area (Å²) in [5.74, 6) is 1.38. The molecule has 1 aliphatic heterocycles. The molecule has 0 bridgehead atoms. The van der Waals surface area contributed by atoms with Gasteiger partial charge in [0.15, 0.2) is 11.5 Å². The van der Waals surface area contributed by atoms with E-state index in [0.29, 0.717) is 24.5 Å². The molecule has 2 heterocycles. The van der Waals surface area contributed by atoms with Crippen molar-refractivity contribution in [3.05, 3.63) is 72.1 Å². The van der Waals surface area contributed by atoms with E-state index in [4.69, 9.17) is 9.47 Å². The van der Waals surface area contributed by atoms with Crippen LogP contribution in [0.25, 0.3) is 11.1 Å². The summed E-state index contributed by atoms with van der Waals surface area (Å²) < 4.78 is 10.6. The van der Waals surface area contributed by atoms with Crippen molar-refractivity contribution in [2.45, 2.75) is 12.8 Å². The molecule has 3 aromatic rings. The summed E-state index contributed by atoms with van der Waals surface area (Å²) >= 11 is 0. The molecule has 5 nitrogen and oxygen atoms in total. The molecule has 5 heteroatoms. The Morgan fingerprint density at radius 2 is 1.75 bits per heavy atom. The highest BCUT2D eigenvalue weighted by Crippen LogP contribution is 2.33. The van der Waals surface area contributed by atoms with Crippen LogP contribution < -0.4 is 14.4 Å². The van der Waals surface area contributed by atoms with Gasteiger partial charge in [-0.25, -0.2) is 0 Å². The molecule has 2 aromatic carbocycles. The number of hydrogen-bond donors (Lipinski definition) is 0. The number of rotatable bonds is 5. The van der Waals surface area contributed by atoms with Gasteiger partial charge in [-0.1, -0.05) is 12.1 Å². The third kappa shape index (κ3) is 3.43. The minimum atomic E-state index is 0.0858. The summed E-state index contributed by atoms with van der Waals surface area (Å²) in [5, 5.41) is 0. The number of anilines is 1. The van der Waals surface area contributed by atoms with Crippen LogP contribution in [0.2, 0.25) is 0 Å². The van der Waals surface area contributed by atoms with Gasteiger partial charge in [0, 0.05) is 24.6 Å². The minimum absolute atomic E-state index is 0.0858. The summed E-state index contributed by atoms with van der Waals surface area (Å²) in [4.78, 5) is 18.9. The Morgan fingerprint density at radius 3 is 2.50 bits per heavy atom. The average molecular weight is 374 g/mol. The number of hydrogen-bond acceptors (Lipinski definition) is 4. The summed E-state index contributed by atoms with van der Waals surface area (Å²) in [6, 6.07) is 15.9. The topological polar surface area (TPSA) is 51.7 Å². The molecular weight excluding hydrogens is 352 g/mol. The first-order valence-corrected chi connectivity index (χ1v) is 9.24. The van der Waals surface area contributed by atoms with Crippen LogP contribution >= 0.6 is 0 Å². The van der Waals surface area contributed by atoms with E-state index < -0.39 is 0 Å². The molecule has 0 N–H and O–H groups in total. The number of amides is 1. The average Bonchev–Trinajstić information content (AvgIpc) is 3.17. The second-order valence-corrected chi connectivity index (χ2v) is 6.74. The first kappa shape index (κ1) is 18.0. The normalized spacial score (nSPS) is 12.6. The number of methoxy groups -OCH3 is 2. The number of aromatic nitrogens is 1. The summed E-state index contributed by atoms with van der Waals surface area (Å²) in [6.07, 6.45) is 4.78. The fraction of sp³-hybridized carbons (Fsp3) is 0.217. The van der Waals surface area contributed by atoms with Crippen molar-refractivity contribution in [2.75, 3.05) is 25.7 Å². The summed E-state index contributed by atoms with van der Waals surface area (Å²) in [6.45, 7) is 0.710. The SMILES string of the molecule is COc1ccc(CC(=O)N2CCc3cc(-c4ccncc4)ccc32)cc1OC. The zero-order chi connectivity index (χ0) is 19.5. The lowest BCUT2D eigenvalue weighted by molar-refractivity contribution is -0.117. The molecule has 0 fully saturated rings. The van der Waals surface area contributed by atoms with Crippen LogP contribution in [-0.2, 0) is 17.6 Å². The highest BCUT2D eigenvalue weighted by molar-refractivity contribution is 5.97. The molecule has 28 heavy (non-hydrogen) atoms. The molecule has 1 amide bonds. The van der Waals surface area contributed by atoms with E-state index in [-0.39, 0.29) is 5.91 Å². The van der Waals surface area contributed by atoms with Crippen LogP contribution in [0.4, 0.5) is 5.69 Å². The fourth-order valence-corrected chi connectivity index (χ4v) is 3.65. The van der Waals surface area contributed by atoms with E-state index in [9.17, 15) is 4.79 Å². The monoisotopic (exact) mass is 374 g/mol. The van der Waals surface area contributed by atoms with Crippen LogP contribution in [0, 0.1) is 0 Å². The lowest BCUT2D eigenvalue weighted by Gasteiger charge is -2.18. The predicted molar refractivity (Wildman–Crippen MR) is 109 cm³/mol. The van der Waals surface area contributed by atoms with Gasteiger partial charge in [-0.15, -0.1) is 0 Å². The van der Waals surface area contributed by atoms with Crippen LogP contribution in [0.3, 0.4) is 0 Å². The van der Waals surface area contributed by atoms with Crippen molar-refractivity contribution in [2.24, 2.45) is 0 Å². The molecule has 4 rings (SSSR count). The number of pyridine rings is 1. The molecule has 1 aliphatic rings. The maximum Gasteiger partial charge on any atom is 0.231 e. The first-order chi connectivity index (χ1) is 13.7. The third-order valence-corrected chi connectivity index (χ3v) is 5.09. The lowest BCUT2D eigenvalue weighted by atomic mass is 10.0. The number of carbonyl (C=O) groups is 1. The maximum atomic E-state index is 12.9. The summed E-state index contributed by atoms with van der Waals surface area (Å²) in [7, 11) is 3.20. The van der Waals surface area contributed by atoms with Crippen molar-refractivity contribution in [1.29, 1.82) is 0 Å². The van der Waals surface area contributed by atoms with Crippen molar-refractivity contribution in [3.63, 3.8) is 0 Å². The Balaban J connectivity index is 1.53. The van der Waals surface area contributed by atoms with Crippen LogP contribution in [-0.4, -0.2) is 31.7 Å². The fourth-order valence-electron chi connectivity index (χ4n) is 3.65. The quantitative estimate of drug-likeness (QED) is 0.680. The van der Waals surface area contributed by atoms with Crippen molar-refractivity contribution in [1.82, 2.24) is 4.98 Å². The van der Waals surface area contributed by atoms with Gasteiger partial charge in [-0.3, -0.25) is 9.78 Å². The van der Waals surface area contributed by atoms with Crippen molar-refractivity contribution >= 4 is 11.6 Å². The van der Waals surface area contributed by atoms with Gasteiger partial charge in [-0.2, -0.15) is 0 Å². The number of nitrogens with zero attached hydrogens (tertiary/aromatic N) is 2. The number of ether oxygens (including phenoxy) is 2. The molecule has 0 aliphatic carbocycles. The van der Waals surface area contributed by atoms with Gasteiger partial charge in [0.1, 0.15) is 0 Å². The number of carbonyl (C=O) groups excluding carboxylic acids is 1. The maximum absolute atomic E-state index is 12.9. The van der Waals surface area contributed by atoms with E-state index in [1.807, 2.05) is 41.3 Å². The Bertz CT molecular complexity index is 1000. The molecule has 0 atom stereocenters. The summed E-state index contributed by atoms with van der Waals surface area (Å²) in [5.41, 5.74) is 5.39. The molecule has 0 saturated heterocycles. The van der Waals surface area contributed by atoms with Crippen molar-refractivity contribution < 1.29 is 14.3 Å². The van der Waals surface area contributed by atoms with Crippen LogP contribution in [0.5, 0.6) is 11.5 Å². The molecule has 0 saturated carbocycles. The smallest absolute Gasteiger partial charge is 0.231 e. The Hall–Kier alpha value is -3.34. The second kappa shape index (κ2) is 7.72. The zero-order valence-corrected chi connectivity index (χ0v) is 16.0. The van der Waals surface area contributed by atoms with E-state index in [2.05, 4.69) is 17.1 Å². The van der Waals surface area contributed by atoms with Crippen molar-refractivity contribution in [3.8, 4) is 22.6 Å². The van der Waals surface area contributed by atoms with Gasteiger partial charge in [0.2, 0.25) is 5.91 Å². The molecule has 0 unspecified atom stereocenters. The highest BCUT2D eigenvalue weighted by atomic mass is 16.5. The van der Waals surface area contributed by atoms with Gasteiger partial charge >= 0.3 is 0 Å². The Morgan fingerprint density at radius 1 is 0.964 bits per heavy atom. The highest BCUT2D eigenvalue weighted by Gasteiger charge is 2.25. The Kier molecular flexibility index (Phi) is 4.98. The number of fused-ring (bicyclic) bond motifs is 1. The van der Waals surface area contributed by atoms with Gasteiger partial charge in [0.05, 0.1) is 20.6 Å². The first-order valence-electron chi connectivity index (χ1n) is 9.24. The molecule has 142 valence electrons. The van der Waals surface area contributed by atoms with Crippen LogP contribution in [0.1, 0.15) is 11.1 Å².